The smallest absolute Gasteiger partial charge is 0.323 e. The molecule has 0 spiro atoms. The molecule has 0 amide bonds. The minimum atomic E-state index is -0.457. The highest BCUT2D eigenvalue weighted by molar-refractivity contribution is 5.76. The standard InChI is InChI=1S/C17H26N6O2/c1-17(2,3)25-16(24)15-6-4-8-21(15)12-14-13-23(20-19-14)11-10-22-9-5-7-18-22/h5,7,9,13,15H,4,6,8,10-12H2,1-3H3. The van der Waals surface area contributed by atoms with Crippen LogP contribution < -0.4 is 0 Å². The van der Waals surface area contributed by atoms with E-state index >= 15 is 0 Å². The summed E-state index contributed by atoms with van der Waals surface area (Å²) in [6, 6.07) is 1.71. The van der Waals surface area contributed by atoms with E-state index in [-0.39, 0.29) is 12.0 Å². The topological polar surface area (TPSA) is 78.1 Å². The highest BCUT2D eigenvalue weighted by Crippen LogP contribution is 2.22. The molecule has 1 aliphatic rings. The van der Waals surface area contributed by atoms with Crippen LogP contribution in [0.4, 0.5) is 0 Å². The second-order valence-corrected chi connectivity index (χ2v) is 7.40. The zero-order chi connectivity index (χ0) is 17.9. The molecular formula is C17H26N6O2. The van der Waals surface area contributed by atoms with Crippen LogP contribution in [-0.4, -0.2) is 53.8 Å². The summed E-state index contributed by atoms with van der Waals surface area (Å²) < 4.78 is 9.22. The van der Waals surface area contributed by atoms with Crippen molar-refractivity contribution in [2.45, 2.75) is 64.9 Å². The van der Waals surface area contributed by atoms with E-state index in [1.807, 2.05) is 48.6 Å². The summed E-state index contributed by atoms with van der Waals surface area (Å²) in [6.07, 6.45) is 7.46. The monoisotopic (exact) mass is 346 g/mol. The fourth-order valence-corrected chi connectivity index (χ4v) is 3.02. The number of ether oxygens (including phenoxy) is 1. The van der Waals surface area contributed by atoms with Gasteiger partial charge in [-0.2, -0.15) is 5.10 Å². The number of hydrogen-bond acceptors (Lipinski definition) is 6. The largest absolute Gasteiger partial charge is 0.459 e. The highest BCUT2D eigenvalue weighted by atomic mass is 16.6. The van der Waals surface area contributed by atoms with Crippen molar-refractivity contribution in [2.75, 3.05) is 6.54 Å². The van der Waals surface area contributed by atoms with E-state index in [9.17, 15) is 4.79 Å². The van der Waals surface area contributed by atoms with Crippen molar-refractivity contribution in [3.8, 4) is 0 Å². The first-order valence-electron chi connectivity index (χ1n) is 8.74. The van der Waals surface area contributed by atoms with Crippen LogP contribution in [0, 0.1) is 0 Å². The molecule has 0 aliphatic carbocycles. The first-order chi connectivity index (χ1) is 11.9. The van der Waals surface area contributed by atoms with Crippen molar-refractivity contribution in [3.05, 3.63) is 30.4 Å². The molecule has 1 unspecified atom stereocenters. The number of aryl methyl sites for hydroxylation is 2. The first kappa shape index (κ1) is 17.6. The van der Waals surface area contributed by atoms with Crippen LogP contribution in [0.1, 0.15) is 39.3 Å². The van der Waals surface area contributed by atoms with Gasteiger partial charge in [-0.25, -0.2) is 0 Å². The number of carbonyl (C=O) groups excluding carboxylic acids is 1. The Morgan fingerprint density at radius 2 is 2.12 bits per heavy atom. The molecule has 8 nitrogen and oxygen atoms in total. The van der Waals surface area contributed by atoms with Crippen LogP contribution in [0.5, 0.6) is 0 Å². The van der Waals surface area contributed by atoms with E-state index in [1.165, 1.54) is 0 Å². The zero-order valence-corrected chi connectivity index (χ0v) is 15.1. The Bertz CT molecular complexity index is 688. The molecule has 1 fully saturated rings. The van der Waals surface area contributed by atoms with E-state index in [2.05, 4.69) is 20.3 Å². The fraction of sp³-hybridized carbons (Fsp3) is 0.647. The van der Waals surface area contributed by atoms with Crippen molar-refractivity contribution < 1.29 is 9.53 Å². The number of likely N-dealkylation sites (tertiary alicyclic amines) is 1. The lowest BCUT2D eigenvalue weighted by atomic mass is 10.1. The Hall–Kier alpha value is -2.22. The number of rotatable bonds is 6. The van der Waals surface area contributed by atoms with Gasteiger partial charge in [0.25, 0.3) is 0 Å². The van der Waals surface area contributed by atoms with Crippen LogP contribution >= 0.6 is 0 Å². The SMILES string of the molecule is CC(C)(C)OC(=O)C1CCCN1Cc1cn(CCn2cccn2)nn1. The summed E-state index contributed by atoms with van der Waals surface area (Å²) in [5.41, 5.74) is 0.414. The van der Waals surface area contributed by atoms with E-state index in [4.69, 9.17) is 4.74 Å². The summed E-state index contributed by atoms with van der Waals surface area (Å²) in [7, 11) is 0. The third-order valence-electron chi connectivity index (χ3n) is 4.11. The lowest BCUT2D eigenvalue weighted by Gasteiger charge is -2.26. The van der Waals surface area contributed by atoms with Crippen molar-refractivity contribution in [2.24, 2.45) is 0 Å². The van der Waals surface area contributed by atoms with Gasteiger partial charge in [0, 0.05) is 25.1 Å². The lowest BCUT2D eigenvalue weighted by Crippen LogP contribution is -2.40. The van der Waals surface area contributed by atoms with E-state index in [0.29, 0.717) is 13.1 Å². The zero-order valence-electron chi connectivity index (χ0n) is 15.1. The van der Waals surface area contributed by atoms with Gasteiger partial charge in [0.05, 0.1) is 18.8 Å². The van der Waals surface area contributed by atoms with Crippen LogP contribution in [0.25, 0.3) is 0 Å². The van der Waals surface area contributed by atoms with E-state index < -0.39 is 5.60 Å². The van der Waals surface area contributed by atoms with Gasteiger partial charge >= 0.3 is 5.97 Å². The Morgan fingerprint density at radius 1 is 1.32 bits per heavy atom. The summed E-state index contributed by atoms with van der Waals surface area (Å²) in [4.78, 5) is 14.5. The van der Waals surface area contributed by atoms with Crippen LogP contribution in [0.15, 0.2) is 24.7 Å². The maximum atomic E-state index is 12.4. The Morgan fingerprint density at radius 3 is 2.84 bits per heavy atom. The predicted molar refractivity (Wildman–Crippen MR) is 91.5 cm³/mol. The number of hydrogen-bond donors (Lipinski definition) is 0. The first-order valence-corrected chi connectivity index (χ1v) is 8.74. The molecule has 2 aromatic heterocycles. The van der Waals surface area contributed by atoms with Crippen LogP contribution in [-0.2, 0) is 29.2 Å². The van der Waals surface area contributed by atoms with Gasteiger partial charge in [-0.1, -0.05) is 5.21 Å². The van der Waals surface area contributed by atoms with Crippen molar-refractivity contribution in [1.29, 1.82) is 0 Å². The summed E-state index contributed by atoms with van der Waals surface area (Å²) in [6.45, 7) is 8.65. The summed E-state index contributed by atoms with van der Waals surface area (Å²) >= 11 is 0. The maximum absolute atomic E-state index is 12.4. The van der Waals surface area contributed by atoms with Gasteiger partial charge in [0.15, 0.2) is 0 Å². The minimum absolute atomic E-state index is 0.143. The van der Waals surface area contributed by atoms with Crippen molar-refractivity contribution in [3.63, 3.8) is 0 Å². The van der Waals surface area contributed by atoms with Gasteiger partial charge in [-0.3, -0.25) is 19.1 Å². The van der Waals surface area contributed by atoms with Gasteiger partial charge in [0.1, 0.15) is 11.6 Å². The number of carbonyl (C=O) groups is 1. The van der Waals surface area contributed by atoms with Gasteiger partial charge in [-0.15, -0.1) is 5.10 Å². The molecule has 0 radical (unpaired) electrons. The highest BCUT2D eigenvalue weighted by Gasteiger charge is 2.34. The average Bonchev–Trinajstić information content (AvgIpc) is 3.26. The summed E-state index contributed by atoms with van der Waals surface area (Å²) in [5, 5.41) is 12.6. The second-order valence-electron chi connectivity index (χ2n) is 7.40. The number of aromatic nitrogens is 5. The quantitative estimate of drug-likeness (QED) is 0.737. The van der Waals surface area contributed by atoms with E-state index in [1.54, 1.807) is 6.20 Å². The normalized spacial score (nSPS) is 18.6. The second kappa shape index (κ2) is 7.35. The molecule has 3 rings (SSSR count). The Balaban J connectivity index is 1.55. The lowest BCUT2D eigenvalue weighted by molar-refractivity contribution is -0.160. The maximum Gasteiger partial charge on any atom is 0.323 e. The van der Waals surface area contributed by atoms with Crippen molar-refractivity contribution in [1.82, 2.24) is 29.7 Å². The molecular weight excluding hydrogens is 320 g/mol. The molecule has 0 saturated carbocycles. The number of esters is 1. The Labute approximate surface area is 147 Å². The average molecular weight is 346 g/mol. The predicted octanol–water partition coefficient (Wildman–Crippen LogP) is 1.48. The van der Waals surface area contributed by atoms with Crippen LogP contribution in [0.3, 0.4) is 0 Å². The van der Waals surface area contributed by atoms with Crippen molar-refractivity contribution >= 4 is 5.97 Å². The fourth-order valence-electron chi connectivity index (χ4n) is 3.02. The molecule has 25 heavy (non-hydrogen) atoms. The molecule has 1 aliphatic heterocycles. The molecule has 0 bridgehead atoms. The molecule has 3 heterocycles. The molecule has 0 aromatic carbocycles. The molecule has 1 saturated heterocycles. The number of nitrogens with zero attached hydrogens (tertiary/aromatic N) is 6. The molecule has 8 heteroatoms. The third kappa shape index (κ3) is 4.88. The minimum Gasteiger partial charge on any atom is -0.459 e. The molecule has 1 atom stereocenters. The third-order valence-corrected chi connectivity index (χ3v) is 4.11. The van der Waals surface area contributed by atoms with Gasteiger partial charge < -0.3 is 4.74 Å². The van der Waals surface area contributed by atoms with Gasteiger partial charge in [0.2, 0.25) is 0 Å². The van der Waals surface area contributed by atoms with E-state index in [0.717, 1.165) is 31.6 Å². The van der Waals surface area contributed by atoms with Crippen LogP contribution in [0.2, 0.25) is 0 Å². The molecule has 2 aromatic rings. The Kier molecular flexibility index (Phi) is 5.17. The molecule has 0 N–H and O–H groups in total. The van der Waals surface area contributed by atoms with Gasteiger partial charge in [-0.05, 0) is 46.2 Å². The molecule has 136 valence electrons. The summed E-state index contributed by atoms with van der Waals surface area (Å²) in [5.74, 6) is -0.143.